The third-order valence-electron chi connectivity index (χ3n) is 3.13. The van der Waals surface area contributed by atoms with Gasteiger partial charge in [0, 0.05) is 16.6 Å². The molecule has 0 heterocycles. The molecule has 0 saturated heterocycles. The number of amides is 1. The minimum absolute atomic E-state index is 0.0464. The molecule has 0 saturated carbocycles. The van der Waals surface area contributed by atoms with Crippen LogP contribution in [-0.2, 0) is 4.79 Å². The van der Waals surface area contributed by atoms with Crippen LogP contribution in [0.1, 0.15) is 26.7 Å². The minimum Gasteiger partial charge on any atom is -0.323 e. The second kappa shape index (κ2) is 6.12. The van der Waals surface area contributed by atoms with Crippen molar-refractivity contribution in [3.05, 3.63) is 32.8 Å². The molecule has 0 aliphatic heterocycles. The lowest BCUT2D eigenvalue weighted by molar-refractivity contribution is -0.384. The molecule has 1 rings (SSSR count). The fraction of sp³-hybridized carbons (Fsp3) is 0.417. The molecule has 0 atom stereocenters. The van der Waals surface area contributed by atoms with E-state index in [1.807, 2.05) is 13.8 Å². The summed E-state index contributed by atoms with van der Waals surface area (Å²) in [4.78, 5) is 22.2. The third-order valence-corrected chi connectivity index (χ3v) is 3.78. The van der Waals surface area contributed by atoms with E-state index < -0.39 is 10.5 Å². The van der Waals surface area contributed by atoms with Crippen molar-refractivity contribution < 1.29 is 9.72 Å². The second-order valence-electron chi connectivity index (χ2n) is 4.24. The summed E-state index contributed by atoms with van der Waals surface area (Å²) < 4.78 is 0.449. The Morgan fingerprint density at radius 1 is 1.47 bits per heavy atom. The van der Waals surface area contributed by atoms with E-state index in [0.29, 0.717) is 23.0 Å². The Morgan fingerprint density at radius 2 is 2.05 bits per heavy atom. The number of nitro benzene ring substituents is 1. The van der Waals surface area contributed by atoms with E-state index in [0.717, 1.165) is 0 Å². The van der Waals surface area contributed by atoms with Gasteiger partial charge >= 0.3 is 0 Å². The molecular weight excluding hydrogens is 314 g/mol. The lowest BCUT2D eigenvalue weighted by atomic mass is 9.93. The van der Waals surface area contributed by atoms with Crippen LogP contribution in [0.5, 0.6) is 0 Å². The average Bonchev–Trinajstić information content (AvgIpc) is 2.39. The number of hydrogen-bond donors (Lipinski definition) is 2. The molecule has 104 valence electrons. The van der Waals surface area contributed by atoms with Gasteiger partial charge < -0.3 is 11.1 Å². The molecule has 0 spiro atoms. The van der Waals surface area contributed by atoms with Gasteiger partial charge in [-0.15, -0.1) is 0 Å². The zero-order valence-electron chi connectivity index (χ0n) is 10.8. The topological polar surface area (TPSA) is 98.3 Å². The standard InChI is InChI=1S/C12H16BrN3O3/c1-3-12(14,4-2)11(17)15-10-6-5-8(16(18)19)7-9(10)13/h5-7H,3-4,14H2,1-2H3,(H,15,17). The molecular formula is C12H16BrN3O3. The number of hydrogen-bond acceptors (Lipinski definition) is 4. The zero-order chi connectivity index (χ0) is 14.6. The van der Waals surface area contributed by atoms with Crippen molar-refractivity contribution in [3.63, 3.8) is 0 Å². The molecule has 1 aromatic carbocycles. The Kier molecular flexibility index (Phi) is 5.02. The fourth-order valence-electron chi connectivity index (χ4n) is 1.54. The molecule has 0 radical (unpaired) electrons. The Balaban J connectivity index is 2.95. The van der Waals surface area contributed by atoms with Crippen LogP contribution in [0.2, 0.25) is 0 Å². The van der Waals surface area contributed by atoms with Crippen molar-refractivity contribution in [2.45, 2.75) is 32.2 Å². The maximum absolute atomic E-state index is 12.1. The summed E-state index contributed by atoms with van der Waals surface area (Å²) in [5.74, 6) is -0.299. The molecule has 1 aromatic rings. The van der Waals surface area contributed by atoms with E-state index in [-0.39, 0.29) is 11.6 Å². The fourth-order valence-corrected chi connectivity index (χ4v) is 2.00. The number of carbonyl (C=O) groups excluding carboxylic acids is 1. The number of anilines is 1. The molecule has 0 aromatic heterocycles. The number of nitro groups is 1. The molecule has 6 nitrogen and oxygen atoms in total. The van der Waals surface area contributed by atoms with Crippen LogP contribution in [0.25, 0.3) is 0 Å². The van der Waals surface area contributed by atoms with Crippen molar-refractivity contribution in [2.24, 2.45) is 5.73 Å². The molecule has 1 amide bonds. The summed E-state index contributed by atoms with van der Waals surface area (Å²) >= 11 is 3.19. The Bertz CT molecular complexity index is 501. The monoisotopic (exact) mass is 329 g/mol. The normalized spacial score (nSPS) is 11.2. The molecule has 0 unspecified atom stereocenters. The summed E-state index contributed by atoms with van der Waals surface area (Å²) in [7, 11) is 0. The quantitative estimate of drug-likeness (QED) is 0.640. The smallest absolute Gasteiger partial charge is 0.270 e. The van der Waals surface area contributed by atoms with Crippen LogP contribution in [0, 0.1) is 10.1 Å². The number of nitrogens with zero attached hydrogens (tertiary/aromatic N) is 1. The van der Waals surface area contributed by atoms with E-state index in [4.69, 9.17) is 5.73 Å². The van der Waals surface area contributed by atoms with E-state index in [2.05, 4.69) is 21.2 Å². The highest BCUT2D eigenvalue weighted by atomic mass is 79.9. The Labute approximate surface area is 119 Å². The molecule has 0 bridgehead atoms. The summed E-state index contributed by atoms with van der Waals surface area (Å²) in [5.41, 5.74) is 5.47. The highest BCUT2D eigenvalue weighted by Gasteiger charge is 2.30. The lowest BCUT2D eigenvalue weighted by Crippen LogP contribution is -2.50. The molecule has 19 heavy (non-hydrogen) atoms. The highest BCUT2D eigenvalue weighted by Crippen LogP contribution is 2.28. The summed E-state index contributed by atoms with van der Waals surface area (Å²) in [6, 6.07) is 4.15. The Hall–Kier alpha value is -1.47. The molecule has 7 heteroatoms. The van der Waals surface area contributed by atoms with E-state index in [9.17, 15) is 14.9 Å². The first-order valence-electron chi connectivity index (χ1n) is 5.88. The average molecular weight is 330 g/mol. The van der Waals surface area contributed by atoms with Gasteiger partial charge in [-0.3, -0.25) is 14.9 Å². The number of benzene rings is 1. The lowest BCUT2D eigenvalue weighted by Gasteiger charge is -2.25. The minimum atomic E-state index is -0.929. The summed E-state index contributed by atoms with van der Waals surface area (Å²) in [5, 5.41) is 13.3. The molecule has 0 aliphatic rings. The molecule has 0 fully saturated rings. The molecule has 3 N–H and O–H groups in total. The SMILES string of the molecule is CCC(N)(CC)C(=O)Nc1ccc([N+](=O)[O-])cc1Br. The van der Waals surface area contributed by atoms with Crippen molar-refractivity contribution in [2.75, 3.05) is 5.32 Å². The first-order valence-corrected chi connectivity index (χ1v) is 6.67. The van der Waals surface area contributed by atoms with Crippen molar-refractivity contribution in [1.82, 2.24) is 0 Å². The van der Waals surface area contributed by atoms with E-state index >= 15 is 0 Å². The zero-order valence-corrected chi connectivity index (χ0v) is 12.4. The van der Waals surface area contributed by atoms with Crippen LogP contribution in [0.3, 0.4) is 0 Å². The first-order chi connectivity index (χ1) is 8.84. The van der Waals surface area contributed by atoms with Gasteiger partial charge in [-0.05, 0) is 34.8 Å². The predicted molar refractivity (Wildman–Crippen MR) is 76.9 cm³/mol. The van der Waals surface area contributed by atoms with Gasteiger partial charge in [0.25, 0.3) is 5.69 Å². The second-order valence-corrected chi connectivity index (χ2v) is 5.09. The van der Waals surface area contributed by atoms with Gasteiger partial charge in [-0.1, -0.05) is 13.8 Å². The number of carbonyl (C=O) groups is 1. The third kappa shape index (κ3) is 3.51. The first kappa shape index (κ1) is 15.6. The number of nitrogens with one attached hydrogen (secondary N) is 1. The predicted octanol–water partition coefficient (Wildman–Crippen LogP) is 2.81. The van der Waals surface area contributed by atoms with Crippen LogP contribution in [-0.4, -0.2) is 16.4 Å². The van der Waals surface area contributed by atoms with Crippen LogP contribution in [0.4, 0.5) is 11.4 Å². The van der Waals surface area contributed by atoms with Crippen molar-refractivity contribution >= 4 is 33.2 Å². The van der Waals surface area contributed by atoms with E-state index in [1.54, 1.807) is 0 Å². The van der Waals surface area contributed by atoms with Crippen molar-refractivity contribution in [1.29, 1.82) is 0 Å². The number of nitrogens with two attached hydrogens (primary N) is 1. The van der Waals surface area contributed by atoms with Crippen molar-refractivity contribution in [3.8, 4) is 0 Å². The van der Waals surface area contributed by atoms with Gasteiger partial charge in [-0.25, -0.2) is 0 Å². The maximum Gasteiger partial charge on any atom is 0.270 e. The number of non-ortho nitro benzene ring substituents is 1. The van der Waals surface area contributed by atoms with Gasteiger partial charge in [-0.2, -0.15) is 0 Å². The van der Waals surface area contributed by atoms with Crippen LogP contribution < -0.4 is 11.1 Å². The van der Waals surface area contributed by atoms with Crippen LogP contribution >= 0.6 is 15.9 Å². The maximum atomic E-state index is 12.1. The Morgan fingerprint density at radius 3 is 2.47 bits per heavy atom. The highest BCUT2D eigenvalue weighted by molar-refractivity contribution is 9.10. The summed E-state index contributed by atoms with van der Waals surface area (Å²) in [6.07, 6.45) is 1.03. The van der Waals surface area contributed by atoms with Crippen LogP contribution in [0.15, 0.2) is 22.7 Å². The van der Waals surface area contributed by atoms with Gasteiger partial charge in [0.05, 0.1) is 16.1 Å². The number of rotatable bonds is 5. The largest absolute Gasteiger partial charge is 0.323 e. The van der Waals surface area contributed by atoms with Gasteiger partial charge in [0.1, 0.15) is 0 Å². The number of halogens is 1. The van der Waals surface area contributed by atoms with Gasteiger partial charge in [0.15, 0.2) is 0 Å². The molecule has 0 aliphatic carbocycles. The van der Waals surface area contributed by atoms with Gasteiger partial charge in [0.2, 0.25) is 5.91 Å². The van der Waals surface area contributed by atoms with E-state index in [1.165, 1.54) is 18.2 Å². The summed E-state index contributed by atoms with van der Waals surface area (Å²) in [6.45, 7) is 3.68.